The van der Waals surface area contributed by atoms with Crippen molar-refractivity contribution in [2.45, 2.75) is 48.0 Å². The second-order valence-corrected chi connectivity index (χ2v) is 7.77. The van der Waals surface area contributed by atoms with E-state index in [1.807, 2.05) is 0 Å². The van der Waals surface area contributed by atoms with Gasteiger partial charge in [-0.3, -0.25) is 0 Å². The zero-order valence-corrected chi connectivity index (χ0v) is 13.2. The number of hydrogen-bond donors (Lipinski definition) is 0. The van der Waals surface area contributed by atoms with Gasteiger partial charge in [-0.1, -0.05) is 48.1 Å². The largest absolute Gasteiger partial charge is 0.378 e. The molecule has 1 aliphatic heterocycles. The number of morpholine rings is 1. The lowest BCUT2D eigenvalue weighted by Gasteiger charge is -2.42. The Bertz CT molecular complexity index is 276. The van der Waals surface area contributed by atoms with Gasteiger partial charge in [0.15, 0.2) is 0 Å². The summed E-state index contributed by atoms with van der Waals surface area (Å²) in [5.41, 5.74) is 1.91. The van der Waals surface area contributed by atoms with Gasteiger partial charge in [0, 0.05) is 24.7 Å². The highest BCUT2D eigenvalue weighted by molar-refractivity contribution is 5.06. The lowest BCUT2D eigenvalue weighted by molar-refractivity contribution is 0.0388. The molecular weight excluding hydrogens is 222 g/mol. The van der Waals surface area contributed by atoms with Crippen LogP contribution in [0.1, 0.15) is 48.0 Å². The quantitative estimate of drug-likeness (QED) is 0.755. The summed E-state index contributed by atoms with van der Waals surface area (Å²) in [6.07, 6.45) is 1.19. The zero-order chi connectivity index (χ0) is 14.0. The highest BCUT2D eigenvalue weighted by Gasteiger charge is 2.33. The molecule has 1 saturated heterocycles. The lowest BCUT2D eigenvalue weighted by Crippen LogP contribution is -2.41. The number of nitrogens with zero attached hydrogens (tertiary/aromatic N) is 1. The Morgan fingerprint density at radius 3 is 2.00 bits per heavy atom. The van der Waals surface area contributed by atoms with Crippen molar-refractivity contribution in [3.8, 4) is 0 Å². The second kappa shape index (κ2) is 5.64. The molecule has 0 spiro atoms. The molecule has 0 aromatic heterocycles. The van der Waals surface area contributed by atoms with Crippen LogP contribution < -0.4 is 0 Å². The van der Waals surface area contributed by atoms with E-state index in [0.29, 0.717) is 11.3 Å². The van der Waals surface area contributed by atoms with Gasteiger partial charge in [-0.05, 0) is 17.3 Å². The van der Waals surface area contributed by atoms with E-state index in [2.05, 4.69) is 53.0 Å². The van der Waals surface area contributed by atoms with Crippen molar-refractivity contribution in [3.63, 3.8) is 0 Å². The number of hydrogen-bond acceptors (Lipinski definition) is 2. The summed E-state index contributed by atoms with van der Waals surface area (Å²) in [7, 11) is 0. The molecule has 1 aliphatic rings. The lowest BCUT2D eigenvalue weighted by atomic mass is 9.70. The molecule has 0 aromatic carbocycles. The monoisotopic (exact) mass is 253 g/mol. The summed E-state index contributed by atoms with van der Waals surface area (Å²) in [5.74, 6) is 0.538. The Morgan fingerprint density at radius 2 is 1.61 bits per heavy atom. The van der Waals surface area contributed by atoms with Gasteiger partial charge < -0.3 is 9.64 Å². The predicted octanol–water partition coefficient (Wildman–Crippen LogP) is 3.93. The Labute approximate surface area is 113 Å². The first kappa shape index (κ1) is 15.6. The van der Waals surface area contributed by atoms with Gasteiger partial charge in [0.1, 0.15) is 0 Å². The van der Waals surface area contributed by atoms with Crippen molar-refractivity contribution in [3.05, 3.63) is 12.3 Å². The first-order valence-corrected chi connectivity index (χ1v) is 7.13. The first-order valence-electron chi connectivity index (χ1n) is 7.13. The van der Waals surface area contributed by atoms with Gasteiger partial charge in [-0.25, -0.2) is 0 Å². The fourth-order valence-electron chi connectivity index (χ4n) is 2.61. The van der Waals surface area contributed by atoms with Crippen LogP contribution in [0.15, 0.2) is 12.3 Å². The van der Waals surface area contributed by atoms with E-state index >= 15 is 0 Å². The molecule has 1 atom stereocenters. The van der Waals surface area contributed by atoms with E-state index in [4.69, 9.17) is 4.74 Å². The minimum atomic E-state index is 0.267. The average Bonchev–Trinajstić information content (AvgIpc) is 2.24. The van der Waals surface area contributed by atoms with Crippen molar-refractivity contribution in [1.82, 2.24) is 4.90 Å². The molecule has 0 bridgehead atoms. The summed E-state index contributed by atoms with van der Waals surface area (Å²) in [4.78, 5) is 2.42. The summed E-state index contributed by atoms with van der Waals surface area (Å²) in [6, 6.07) is 0. The average molecular weight is 253 g/mol. The number of allylic oxidation sites excluding steroid dienone is 1. The maximum Gasteiger partial charge on any atom is 0.0642 e. The van der Waals surface area contributed by atoms with Crippen molar-refractivity contribution >= 4 is 0 Å². The van der Waals surface area contributed by atoms with Crippen LogP contribution >= 0.6 is 0 Å². The van der Waals surface area contributed by atoms with E-state index in [1.165, 1.54) is 12.1 Å². The minimum Gasteiger partial charge on any atom is -0.378 e. The van der Waals surface area contributed by atoms with Crippen LogP contribution in [0.25, 0.3) is 0 Å². The number of ether oxygens (including phenoxy) is 1. The van der Waals surface area contributed by atoms with E-state index in [0.717, 1.165) is 26.3 Å². The summed E-state index contributed by atoms with van der Waals surface area (Å²) in [6.45, 7) is 22.0. The first-order chi connectivity index (χ1) is 8.11. The number of rotatable bonds is 3. The van der Waals surface area contributed by atoms with Gasteiger partial charge in [-0.2, -0.15) is 0 Å². The molecule has 0 amide bonds. The van der Waals surface area contributed by atoms with E-state index in [9.17, 15) is 0 Å². The van der Waals surface area contributed by atoms with Crippen molar-refractivity contribution < 1.29 is 4.74 Å². The van der Waals surface area contributed by atoms with Crippen molar-refractivity contribution in [2.24, 2.45) is 16.7 Å². The van der Waals surface area contributed by atoms with Gasteiger partial charge in [0.25, 0.3) is 0 Å². The maximum absolute atomic E-state index is 5.43. The molecule has 0 aromatic rings. The normalized spacial score (nSPS) is 19.8. The molecule has 1 rings (SSSR count). The molecule has 0 unspecified atom stereocenters. The fourth-order valence-corrected chi connectivity index (χ4v) is 2.61. The van der Waals surface area contributed by atoms with Crippen LogP contribution in [0.3, 0.4) is 0 Å². The van der Waals surface area contributed by atoms with Crippen LogP contribution in [-0.2, 0) is 4.74 Å². The Kier molecular flexibility index (Phi) is 4.88. The van der Waals surface area contributed by atoms with Crippen molar-refractivity contribution in [2.75, 3.05) is 26.3 Å². The summed E-state index contributed by atoms with van der Waals surface area (Å²) >= 11 is 0. The van der Waals surface area contributed by atoms with Crippen LogP contribution in [0.2, 0.25) is 0 Å². The third kappa shape index (κ3) is 4.64. The van der Waals surface area contributed by atoms with Crippen molar-refractivity contribution in [1.29, 1.82) is 0 Å². The molecule has 18 heavy (non-hydrogen) atoms. The van der Waals surface area contributed by atoms with Gasteiger partial charge in [0.05, 0.1) is 13.2 Å². The molecule has 106 valence electrons. The van der Waals surface area contributed by atoms with E-state index < -0.39 is 0 Å². The topological polar surface area (TPSA) is 12.5 Å². The molecular formula is C16H31NO. The molecule has 1 fully saturated rings. The third-order valence-corrected chi connectivity index (χ3v) is 3.68. The van der Waals surface area contributed by atoms with Crippen LogP contribution in [0, 0.1) is 16.7 Å². The highest BCUT2D eigenvalue weighted by Crippen LogP contribution is 2.41. The summed E-state index contributed by atoms with van der Waals surface area (Å²) in [5, 5.41) is 0. The Hall–Kier alpha value is -0.500. The third-order valence-electron chi connectivity index (χ3n) is 3.68. The van der Waals surface area contributed by atoms with Crippen LogP contribution in [-0.4, -0.2) is 31.2 Å². The second-order valence-electron chi connectivity index (χ2n) is 7.77. The predicted molar refractivity (Wildman–Crippen MR) is 78.5 cm³/mol. The standard InChI is InChI=1S/C16H31NO/c1-13(17-8-10-18-11-9-17)14(16(5,6)7)12-15(2,3)4/h14H,1,8-12H2,2-7H3/t14-/m1/s1. The molecule has 0 N–H and O–H groups in total. The fraction of sp³-hybridized carbons (Fsp3) is 0.875. The smallest absolute Gasteiger partial charge is 0.0642 e. The van der Waals surface area contributed by atoms with Crippen LogP contribution in [0.5, 0.6) is 0 Å². The van der Waals surface area contributed by atoms with E-state index in [1.54, 1.807) is 0 Å². The Morgan fingerprint density at radius 1 is 1.11 bits per heavy atom. The molecule has 0 saturated carbocycles. The maximum atomic E-state index is 5.43. The van der Waals surface area contributed by atoms with Gasteiger partial charge in [0.2, 0.25) is 0 Å². The molecule has 0 aliphatic carbocycles. The minimum absolute atomic E-state index is 0.267. The summed E-state index contributed by atoms with van der Waals surface area (Å²) < 4.78 is 5.43. The van der Waals surface area contributed by atoms with Gasteiger partial charge >= 0.3 is 0 Å². The molecule has 2 nitrogen and oxygen atoms in total. The van der Waals surface area contributed by atoms with Gasteiger partial charge in [-0.15, -0.1) is 0 Å². The molecule has 0 radical (unpaired) electrons. The molecule has 1 heterocycles. The SMILES string of the molecule is C=C([C@@H](CC(C)(C)C)C(C)(C)C)N1CCOCC1. The highest BCUT2D eigenvalue weighted by atomic mass is 16.5. The van der Waals surface area contributed by atoms with Crippen LogP contribution in [0.4, 0.5) is 0 Å². The zero-order valence-electron chi connectivity index (χ0n) is 13.2. The molecule has 2 heteroatoms. The Balaban J connectivity index is 2.79. The van der Waals surface area contributed by atoms with E-state index in [-0.39, 0.29) is 5.41 Å².